The molecule has 0 spiro atoms. The maximum absolute atomic E-state index is 13.0. The first kappa shape index (κ1) is 19.4. The predicted octanol–water partition coefficient (Wildman–Crippen LogP) is 3.89. The molecule has 2 N–H and O–H groups in total. The van der Waals surface area contributed by atoms with Crippen LogP contribution in [0.5, 0.6) is 5.75 Å². The molecule has 1 amide bonds. The first-order chi connectivity index (χ1) is 13.4. The number of rotatable bonds is 6. The highest BCUT2D eigenvalue weighted by Gasteiger charge is 2.17. The van der Waals surface area contributed by atoms with Gasteiger partial charge in [-0.1, -0.05) is 6.07 Å². The summed E-state index contributed by atoms with van der Waals surface area (Å²) in [4.78, 5) is 12.4. The molecule has 6 nitrogen and oxygen atoms in total. The Hall–Kier alpha value is -3.39. The summed E-state index contributed by atoms with van der Waals surface area (Å²) in [6, 6.07) is 17.3. The normalized spacial score (nSPS) is 10.9. The topological polar surface area (TPSA) is 84.5 Å². The van der Waals surface area contributed by atoms with E-state index in [0.717, 1.165) is 12.1 Å². The number of nitrogens with one attached hydrogen (secondary N) is 2. The third-order valence-corrected chi connectivity index (χ3v) is 5.23. The van der Waals surface area contributed by atoms with Crippen molar-refractivity contribution in [3.05, 3.63) is 84.2 Å². The summed E-state index contributed by atoms with van der Waals surface area (Å²) in [7, 11) is -2.39. The fourth-order valence-electron chi connectivity index (χ4n) is 2.41. The van der Waals surface area contributed by atoms with Crippen molar-refractivity contribution in [3.8, 4) is 5.75 Å². The summed E-state index contributed by atoms with van der Waals surface area (Å²) in [6.45, 7) is 0. The SMILES string of the molecule is COc1ccc(NC(=O)c2cccc(S(=O)(=O)Nc3ccc(F)cc3)c2)cc1. The van der Waals surface area contributed by atoms with E-state index in [4.69, 9.17) is 4.74 Å². The maximum atomic E-state index is 13.0. The van der Waals surface area contributed by atoms with E-state index in [1.807, 2.05) is 0 Å². The van der Waals surface area contributed by atoms with Gasteiger partial charge in [-0.05, 0) is 66.7 Å². The van der Waals surface area contributed by atoms with Crippen LogP contribution in [0.15, 0.2) is 77.7 Å². The van der Waals surface area contributed by atoms with Crippen molar-refractivity contribution in [3.63, 3.8) is 0 Å². The molecule has 0 heterocycles. The van der Waals surface area contributed by atoms with Gasteiger partial charge >= 0.3 is 0 Å². The van der Waals surface area contributed by atoms with Gasteiger partial charge < -0.3 is 10.1 Å². The molecule has 0 saturated carbocycles. The molecular formula is C20H17FN2O4S. The number of halogens is 1. The van der Waals surface area contributed by atoms with Gasteiger partial charge in [0.2, 0.25) is 0 Å². The number of amides is 1. The zero-order valence-corrected chi connectivity index (χ0v) is 15.7. The minimum atomic E-state index is -3.93. The summed E-state index contributed by atoms with van der Waals surface area (Å²) in [6.07, 6.45) is 0. The molecule has 3 rings (SSSR count). The summed E-state index contributed by atoms with van der Waals surface area (Å²) >= 11 is 0. The monoisotopic (exact) mass is 400 g/mol. The van der Waals surface area contributed by atoms with Crippen LogP contribution in [-0.4, -0.2) is 21.4 Å². The molecule has 0 aliphatic heterocycles. The van der Waals surface area contributed by atoms with Crippen LogP contribution in [0.2, 0.25) is 0 Å². The summed E-state index contributed by atoms with van der Waals surface area (Å²) < 4.78 is 45.5. The quantitative estimate of drug-likeness (QED) is 0.658. The van der Waals surface area contributed by atoms with E-state index in [0.29, 0.717) is 11.4 Å². The number of ether oxygens (including phenoxy) is 1. The first-order valence-electron chi connectivity index (χ1n) is 8.21. The lowest BCUT2D eigenvalue weighted by Gasteiger charge is -2.10. The number of hydrogen-bond acceptors (Lipinski definition) is 4. The zero-order chi connectivity index (χ0) is 20.1. The van der Waals surface area contributed by atoms with Gasteiger partial charge in [0.1, 0.15) is 11.6 Å². The molecule has 0 atom stereocenters. The van der Waals surface area contributed by atoms with E-state index in [1.165, 1.54) is 36.4 Å². The van der Waals surface area contributed by atoms with Crippen molar-refractivity contribution >= 4 is 27.3 Å². The summed E-state index contributed by atoms with van der Waals surface area (Å²) in [5, 5.41) is 2.69. The Bertz CT molecular complexity index is 1080. The number of carbonyl (C=O) groups excluding carboxylic acids is 1. The van der Waals surface area contributed by atoms with Gasteiger partial charge in [-0.15, -0.1) is 0 Å². The molecule has 0 aromatic heterocycles. The minimum absolute atomic E-state index is 0.0841. The summed E-state index contributed by atoms with van der Waals surface area (Å²) in [5.74, 6) is -0.276. The average molecular weight is 400 g/mol. The highest BCUT2D eigenvalue weighted by Crippen LogP contribution is 2.19. The number of methoxy groups -OCH3 is 1. The molecular weight excluding hydrogens is 383 g/mol. The standard InChI is InChI=1S/C20H17FN2O4S/c1-27-18-11-9-16(10-12-18)22-20(24)14-3-2-4-19(13-14)28(25,26)23-17-7-5-15(21)6-8-17/h2-13,23H,1H3,(H,22,24). The van der Waals surface area contributed by atoms with Gasteiger partial charge in [0.25, 0.3) is 15.9 Å². The Balaban J connectivity index is 1.78. The Morgan fingerprint density at radius 1 is 0.929 bits per heavy atom. The highest BCUT2D eigenvalue weighted by atomic mass is 32.2. The van der Waals surface area contributed by atoms with Crippen molar-refractivity contribution < 1.29 is 22.3 Å². The van der Waals surface area contributed by atoms with Crippen LogP contribution < -0.4 is 14.8 Å². The second-order valence-corrected chi connectivity index (χ2v) is 7.51. The maximum Gasteiger partial charge on any atom is 0.261 e. The smallest absolute Gasteiger partial charge is 0.261 e. The van der Waals surface area contributed by atoms with Gasteiger partial charge in [0.15, 0.2) is 0 Å². The second-order valence-electron chi connectivity index (χ2n) is 5.82. The van der Waals surface area contributed by atoms with E-state index < -0.39 is 21.7 Å². The Morgan fingerprint density at radius 3 is 2.21 bits per heavy atom. The highest BCUT2D eigenvalue weighted by molar-refractivity contribution is 7.92. The van der Waals surface area contributed by atoms with Crippen molar-refractivity contribution in [2.45, 2.75) is 4.90 Å². The van der Waals surface area contributed by atoms with Gasteiger partial charge in [0.05, 0.1) is 12.0 Å². The molecule has 0 unspecified atom stereocenters. The van der Waals surface area contributed by atoms with Crippen LogP contribution in [-0.2, 0) is 10.0 Å². The van der Waals surface area contributed by atoms with Crippen molar-refractivity contribution in [2.75, 3.05) is 17.1 Å². The van der Waals surface area contributed by atoms with Crippen molar-refractivity contribution in [2.24, 2.45) is 0 Å². The number of sulfonamides is 1. The zero-order valence-electron chi connectivity index (χ0n) is 14.8. The van der Waals surface area contributed by atoms with Crippen LogP contribution in [0.4, 0.5) is 15.8 Å². The first-order valence-corrected chi connectivity index (χ1v) is 9.69. The van der Waals surface area contributed by atoms with E-state index in [2.05, 4.69) is 10.0 Å². The number of hydrogen-bond donors (Lipinski definition) is 2. The van der Waals surface area contributed by atoms with E-state index >= 15 is 0 Å². The second kappa shape index (κ2) is 8.10. The van der Waals surface area contributed by atoms with Gasteiger partial charge in [-0.3, -0.25) is 9.52 Å². The van der Waals surface area contributed by atoms with Gasteiger partial charge in [-0.2, -0.15) is 0 Å². The van der Waals surface area contributed by atoms with Crippen LogP contribution in [0.25, 0.3) is 0 Å². The fraction of sp³-hybridized carbons (Fsp3) is 0.0500. The van der Waals surface area contributed by atoms with Crippen molar-refractivity contribution in [1.29, 1.82) is 0 Å². The predicted molar refractivity (Wildman–Crippen MR) is 105 cm³/mol. The molecule has 3 aromatic rings. The lowest BCUT2D eigenvalue weighted by Crippen LogP contribution is -2.16. The third kappa shape index (κ3) is 4.66. The van der Waals surface area contributed by atoms with E-state index in [-0.39, 0.29) is 16.1 Å². The van der Waals surface area contributed by atoms with Crippen LogP contribution in [0.3, 0.4) is 0 Å². The molecule has 0 saturated heterocycles. The number of carbonyl (C=O) groups is 1. The Morgan fingerprint density at radius 2 is 1.57 bits per heavy atom. The molecule has 0 aliphatic carbocycles. The lowest BCUT2D eigenvalue weighted by atomic mass is 10.2. The lowest BCUT2D eigenvalue weighted by molar-refractivity contribution is 0.102. The minimum Gasteiger partial charge on any atom is -0.497 e. The molecule has 0 bridgehead atoms. The molecule has 0 radical (unpaired) electrons. The molecule has 28 heavy (non-hydrogen) atoms. The fourth-order valence-corrected chi connectivity index (χ4v) is 3.52. The number of benzene rings is 3. The molecule has 0 aliphatic rings. The Kier molecular flexibility index (Phi) is 5.60. The Labute approximate surface area is 162 Å². The molecule has 0 fully saturated rings. The van der Waals surface area contributed by atoms with Gasteiger partial charge in [-0.25, -0.2) is 12.8 Å². The third-order valence-electron chi connectivity index (χ3n) is 3.85. The van der Waals surface area contributed by atoms with Crippen LogP contribution in [0, 0.1) is 5.82 Å². The number of anilines is 2. The van der Waals surface area contributed by atoms with E-state index in [1.54, 1.807) is 31.4 Å². The molecule has 3 aromatic carbocycles. The molecule has 144 valence electrons. The van der Waals surface area contributed by atoms with Crippen molar-refractivity contribution in [1.82, 2.24) is 0 Å². The summed E-state index contributed by atoms with van der Waals surface area (Å²) in [5.41, 5.74) is 0.941. The van der Waals surface area contributed by atoms with Crippen LogP contribution in [0.1, 0.15) is 10.4 Å². The van der Waals surface area contributed by atoms with E-state index in [9.17, 15) is 17.6 Å². The largest absolute Gasteiger partial charge is 0.497 e. The molecule has 8 heteroatoms. The average Bonchev–Trinajstić information content (AvgIpc) is 2.70. The van der Waals surface area contributed by atoms with Crippen LogP contribution >= 0.6 is 0 Å². The van der Waals surface area contributed by atoms with Gasteiger partial charge in [0, 0.05) is 16.9 Å².